The van der Waals surface area contributed by atoms with Gasteiger partial charge in [-0.15, -0.1) is 0 Å². The number of aromatic amines is 1. The second-order valence-corrected chi connectivity index (χ2v) is 9.26. The van der Waals surface area contributed by atoms with Crippen molar-refractivity contribution in [3.8, 4) is 0 Å². The van der Waals surface area contributed by atoms with E-state index in [0.29, 0.717) is 10.9 Å². The molecule has 0 spiro atoms. The van der Waals surface area contributed by atoms with Crippen LogP contribution in [0.4, 0.5) is 4.79 Å². The number of fused-ring (bicyclic) bond motifs is 1. The minimum atomic E-state index is -1.13. The van der Waals surface area contributed by atoms with E-state index in [9.17, 15) is 19.2 Å². The number of amides is 2. The third-order valence-electron chi connectivity index (χ3n) is 4.94. The Bertz CT molecular complexity index is 1020. The summed E-state index contributed by atoms with van der Waals surface area (Å²) >= 11 is 0. The fraction of sp³-hybridized carbons (Fsp3) is 0.500. The van der Waals surface area contributed by atoms with Gasteiger partial charge in [0.25, 0.3) is 0 Å². The van der Waals surface area contributed by atoms with Gasteiger partial charge in [0.2, 0.25) is 5.91 Å². The van der Waals surface area contributed by atoms with E-state index in [1.54, 1.807) is 52.9 Å². The number of nitrogens with one attached hydrogen (secondary N) is 2. The van der Waals surface area contributed by atoms with Crippen LogP contribution in [0.25, 0.3) is 10.9 Å². The average Bonchev–Trinajstić information content (AvgIpc) is 3.13. The van der Waals surface area contributed by atoms with Gasteiger partial charge in [-0.3, -0.25) is 19.3 Å². The summed E-state index contributed by atoms with van der Waals surface area (Å²) in [7, 11) is 1.47. The first-order chi connectivity index (χ1) is 15.3. The smallest absolute Gasteiger partial charge is 0.410 e. The van der Waals surface area contributed by atoms with Crippen LogP contribution >= 0.6 is 0 Å². The molecule has 0 aliphatic carbocycles. The fourth-order valence-electron chi connectivity index (χ4n) is 3.48. The molecule has 2 aromatic rings. The first-order valence-corrected chi connectivity index (χ1v) is 10.8. The van der Waals surface area contributed by atoms with Gasteiger partial charge < -0.3 is 19.8 Å². The van der Waals surface area contributed by atoms with Crippen molar-refractivity contribution in [1.82, 2.24) is 15.2 Å². The predicted molar refractivity (Wildman–Crippen MR) is 124 cm³/mol. The molecule has 1 aromatic heterocycles. The van der Waals surface area contributed by atoms with E-state index in [2.05, 4.69) is 10.3 Å². The quantitative estimate of drug-likeness (QED) is 0.462. The maximum Gasteiger partial charge on any atom is 0.410 e. The van der Waals surface area contributed by atoms with E-state index >= 15 is 0 Å². The van der Waals surface area contributed by atoms with Crippen LogP contribution in [0.15, 0.2) is 30.5 Å². The Hall–Kier alpha value is -3.36. The van der Waals surface area contributed by atoms with Crippen molar-refractivity contribution >= 4 is 34.7 Å². The summed E-state index contributed by atoms with van der Waals surface area (Å²) in [5.74, 6) is -1.82. The summed E-state index contributed by atoms with van der Waals surface area (Å²) in [6, 6.07) is 5.22. The zero-order chi connectivity index (χ0) is 24.9. The molecule has 0 saturated heterocycles. The molecule has 0 aliphatic heterocycles. The van der Waals surface area contributed by atoms with Crippen LogP contribution in [0.1, 0.15) is 51.9 Å². The molecule has 0 unspecified atom stereocenters. The number of benzene rings is 1. The summed E-state index contributed by atoms with van der Waals surface area (Å²) in [5, 5.41) is 3.37. The molecular formula is C24H33N3O6. The third-order valence-corrected chi connectivity index (χ3v) is 4.94. The molecule has 1 heterocycles. The summed E-state index contributed by atoms with van der Waals surface area (Å²) in [4.78, 5) is 54.8. The number of para-hydroxylation sites is 1. The van der Waals surface area contributed by atoms with Crippen LogP contribution < -0.4 is 5.32 Å². The second kappa shape index (κ2) is 10.5. The van der Waals surface area contributed by atoms with Crippen molar-refractivity contribution in [3.05, 3.63) is 36.0 Å². The maximum atomic E-state index is 13.3. The number of aromatic nitrogens is 1. The first-order valence-electron chi connectivity index (χ1n) is 10.8. The molecule has 9 heteroatoms. The van der Waals surface area contributed by atoms with Crippen LogP contribution in [0.5, 0.6) is 0 Å². The molecule has 180 valence electrons. The molecule has 0 aliphatic rings. The molecular weight excluding hydrogens is 426 g/mol. The lowest BCUT2D eigenvalue weighted by Gasteiger charge is -2.33. The molecule has 33 heavy (non-hydrogen) atoms. The Balaban J connectivity index is 2.29. The number of nitrogens with zero attached hydrogens (tertiary/aromatic N) is 1. The number of H-pyrrole nitrogens is 1. The van der Waals surface area contributed by atoms with Gasteiger partial charge in [-0.2, -0.15) is 0 Å². The molecule has 2 N–H and O–H groups in total. The van der Waals surface area contributed by atoms with Crippen molar-refractivity contribution < 1.29 is 28.7 Å². The summed E-state index contributed by atoms with van der Waals surface area (Å²) in [6.07, 6.45) is 0.906. The van der Waals surface area contributed by atoms with E-state index in [-0.39, 0.29) is 12.5 Å². The number of esters is 1. The molecule has 0 radical (unpaired) electrons. The first kappa shape index (κ1) is 25.9. The standard InChI is InChI=1S/C24H33N3O6/c1-14(2)20(27(7)23(31)33-24(4,5)6)22(30)26-19(13-32-15(3)28)21(29)17-12-25-18-11-9-8-10-16(17)18/h8-12,14,19-20,25H,13H2,1-7H3,(H,26,30)/t19-,20+/m1/s1. The average molecular weight is 460 g/mol. The number of rotatable bonds is 8. The largest absolute Gasteiger partial charge is 0.463 e. The Morgan fingerprint density at radius 1 is 1.12 bits per heavy atom. The number of hydrogen-bond acceptors (Lipinski definition) is 6. The lowest BCUT2D eigenvalue weighted by Crippen LogP contribution is -2.55. The van der Waals surface area contributed by atoms with Crippen molar-refractivity contribution in [3.63, 3.8) is 0 Å². The fourth-order valence-corrected chi connectivity index (χ4v) is 3.48. The molecule has 9 nitrogen and oxygen atoms in total. The normalized spacial score (nSPS) is 13.3. The molecule has 2 rings (SSSR count). The Morgan fingerprint density at radius 3 is 2.33 bits per heavy atom. The summed E-state index contributed by atoms with van der Waals surface area (Å²) in [5.41, 5.74) is 0.403. The van der Waals surface area contributed by atoms with Crippen LogP contribution in [0.3, 0.4) is 0 Å². The number of Topliss-reactive ketones (excluding diaryl/α,β-unsaturated/α-hetero) is 1. The van der Waals surface area contributed by atoms with E-state index < -0.39 is 41.4 Å². The highest BCUT2D eigenvalue weighted by Crippen LogP contribution is 2.20. The van der Waals surface area contributed by atoms with Gasteiger partial charge in [-0.05, 0) is 32.8 Å². The highest BCUT2D eigenvalue weighted by molar-refractivity contribution is 6.11. The number of hydrogen-bond donors (Lipinski definition) is 2. The predicted octanol–water partition coefficient (Wildman–Crippen LogP) is 3.29. The van der Waals surface area contributed by atoms with Crippen LogP contribution in [-0.4, -0.2) is 65.0 Å². The van der Waals surface area contributed by atoms with Crippen molar-refractivity contribution in [2.24, 2.45) is 5.92 Å². The topological polar surface area (TPSA) is 118 Å². The highest BCUT2D eigenvalue weighted by atomic mass is 16.6. The second-order valence-electron chi connectivity index (χ2n) is 9.26. The minimum Gasteiger partial charge on any atom is -0.463 e. The molecule has 2 atom stereocenters. The molecule has 0 bridgehead atoms. The van der Waals surface area contributed by atoms with Crippen molar-refractivity contribution in [1.29, 1.82) is 0 Å². The summed E-state index contributed by atoms with van der Waals surface area (Å²) in [6.45, 7) is 9.67. The lowest BCUT2D eigenvalue weighted by atomic mass is 10.00. The lowest BCUT2D eigenvalue weighted by molar-refractivity contribution is -0.142. The highest BCUT2D eigenvalue weighted by Gasteiger charge is 2.35. The van der Waals surface area contributed by atoms with Crippen LogP contribution in [-0.2, 0) is 19.1 Å². The summed E-state index contributed by atoms with van der Waals surface area (Å²) < 4.78 is 10.4. The third kappa shape index (κ3) is 6.81. The number of carbonyl (C=O) groups excluding carboxylic acids is 4. The molecule has 1 aromatic carbocycles. The van der Waals surface area contributed by atoms with E-state index in [0.717, 1.165) is 5.52 Å². The van der Waals surface area contributed by atoms with Gasteiger partial charge >= 0.3 is 12.1 Å². The van der Waals surface area contributed by atoms with E-state index in [1.807, 2.05) is 12.1 Å². The molecule has 0 saturated carbocycles. The van der Waals surface area contributed by atoms with Crippen molar-refractivity contribution in [2.45, 2.75) is 59.2 Å². The van der Waals surface area contributed by atoms with Crippen LogP contribution in [0, 0.1) is 5.92 Å². The monoisotopic (exact) mass is 459 g/mol. The Kier molecular flexibility index (Phi) is 8.24. The zero-order valence-electron chi connectivity index (χ0n) is 20.2. The SMILES string of the molecule is CC(=O)OC[C@@H](NC(=O)[C@H](C(C)C)N(C)C(=O)OC(C)(C)C)C(=O)c1c[nH]c2ccccc12. The maximum absolute atomic E-state index is 13.3. The number of ketones is 1. The zero-order valence-corrected chi connectivity index (χ0v) is 20.2. The van der Waals surface area contributed by atoms with Gasteiger partial charge in [0.1, 0.15) is 24.3 Å². The van der Waals surface area contributed by atoms with Gasteiger partial charge in [0.05, 0.1) is 0 Å². The number of likely N-dealkylation sites (N-methyl/N-ethyl adjacent to an activating group) is 1. The van der Waals surface area contributed by atoms with E-state index in [4.69, 9.17) is 9.47 Å². The van der Waals surface area contributed by atoms with Crippen LogP contribution in [0.2, 0.25) is 0 Å². The molecule has 2 amide bonds. The molecule has 0 fully saturated rings. The van der Waals surface area contributed by atoms with Gasteiger partial charge in [0, 0.05) is 36.6 Å². The van der Waals surface area contributed by atoms with Crippen molar-refractivity contribution in [2.75, 3.05) is 13.7 Å². The van der Waals surface area contributed by atoms with E-state index in [1.165, 1.54) is 18.9 Å². The Labute approximate surface area is 193 Å². The van der Waals surface area contributed by atoms with Gasteiger partial charge in [-0.25, -0.2) is 4.79 Å². The van der Waals surface area contributed by atoms with Gasteiger partial charge in [0.15, 0.2) is 5.78 Å². The Morgan fingerprint density at radius 2 is 1.76 bits per heavy atom. The minimum absolute atomic E-state index is 0.278. The number of ether oxygens (including phenoxy) is 2. The van der Waals surface area contributed by atoms with Gasteiger partial charge in [-0.1, -0.05) is 32.0 Å². The number of carbonyl (C=O) groups is 4.